The summed E-state index contributed by atoms with van der Waals surface area (Å²) in [6.07, 6.45) is 0. The zero-order chi connectivity index (χ0) is 9.68. The summed E-state index contributed by atoms with van der Waals surface area (Å²) in [7, 11) is 3.88. The van der Waals surface area contributed by atoms with Crippen molar-refractivity contribution in [2.45, 2.75) is 6.54 Å². The summed E-state index contributed by atoms with van der Waals surface area (Å²) >= 11 is 0. The first kappa shape index (κ1) is 10.2. The van der Waals surface area contributed by atoms with E-state index >= 15 is 0 Å². The summed E-state index contributed by atoms with van der Waals surface area (Å²) in [4.78, 5) is 2.08. The van der Waals surface area contributed by atoms with Crippen molar-refractivity contribution in [3.63, 3.8) is 0 Å². The number of nitrogens with zero attached hydrogens (tertiary/aromatic N) is 1. The second-order valence-electron chi connectivity index (χ2n) is 3.16. The van der Waals surface area contributed by atoms with Gasteiger partial charge in [-0.3, -0.25) is 4.90 Å². The third-order valence-corrected chi connectivity index (χ3v) is 1.77. The predicted octanol–water partition coefficient (Wildman–Crippen LogP) is 1.43. The molecule has 0 fully saturated rings. The average molecular weight is 182 g/mol. The van der Waals surface area contributed by atoms with Crippen molar-refractivity contribution in [2.75, 3.05) is 20.8 Å². The molecule has 0 spiro atoms. The molecule has 0 saturated carbocycles. The van der Waals surface area contributed by atoms with E-state index in [9.17, 15) is 4.39 Å². The van der Waals surface area contributed by atoms with Crippen molar-refractivity contribution in [1.82, 2.24) is 10.2 Å². The molecule has 3 heteroatoms. The third kappa shape index (κ3) is 3.53. The van der Waals surface area contributed by atoms with Gasteiger partial charge in [0, 0.05) is 13.2 Å². The predicted molar refractivity (Wildman–Crippen MR) is 51.8 cm³/mol. The van der Waals surface area contributed by atoms with Crippen LogP contribution in [0.5, 0.6) is 0 Å². The second-order valence-corrected chi connectivity index (χ2v) is 3.16. The van der Waals surface area contributed by atoms with Crippen molar-refractivity contribution >= 4 is 0 Å². The molecule has 0 aliphatic heterocycles. The van der Waals surface area contributed by atoms with Crippen LogP contribution in [0.1, 0.15) is 5.56 Å². The monoisotopic (exact) mass is 182 g/mol. The van der Waals surface area contributed by atoms with E-state index in [2.05, 4.69) is 10.2 Å². The van der Waals surface area contributed by atoms with Crippen LogP contribution in [0.2, 0.25) is 0 Å². The number of halogens is 1. The van der Waals surface area contributed by atoms with Gasteiger partial charge in [0.2, 0.25) is 0 Å². The van der Waals surface area contributed by atoms with Gasteiger partial charge < -0.3 is 5.32 Å². The van der Waals surface area contributed by atoms with Gasteiger partial charge in [-0.25, -0.2) is 4.39 Å². The van der Waals surface area contributed by atoms with Gasteiger partial charge in [0.05, 0.1) is 0 Å². The number of nitrogens with one attached hydrogen (secondary N) is 1. The summed E-state index contributed by atoms with van der Waals surface area (Å²) in [5.41, 5.74) is 0.998. The first-order chi connectivity index (χ1) is 6.22. The fourth-order valence-electron chi connectivity index (χ4n) is 1.27. The third-order valence-electron chi connectivity index (χ3n) is 1.77. The molecule has 0 bridgehead atoms. The minimum Gasteiger partial charge on any atom is -0.307 e. The van der Waals surface area contributed by atoms with E-state index in [-0.39, 0.29) is 5.82 Å². The highest BCUT2D eigenvalue weighted by molar-refractivity contribution is 5.15. The summed E-state index contributed by atoms with van der Waals surface area (Å²) in [5.74, 6) is -0.171. The molecule has 0 aliphatic rings. The van der Waals surface area contributed by atoms with Crippen LogP contribution >= 0.6 is 0 Å². The van der Waals surface area contributed by atoms with Crippen LogP contribution in [0, 0.1) is 5.82 Å². The van der Waals surface area contributed by atoms with Gasteiger partial charge >= 0.3 is 0 Å². The summed E-state index contributed by atoms with van der Waals surface area (Å²) < 4.78 is 12.8. The van der Waals surface area contributed by atoms with Crippen molar-refractivity contribution in [3.05, 3.63) is 35.6 Å². The van der Waals surface area contributed by atoms with Gasteiger partial charge in [0.15, 0.2) is 0 Å². The number of hydrogen-bond acceptors (Lipinski definition) is 2. The van der Waals surface area contributed by atoms with Gasteiger partial charge in [-0.15, -0.1) is 0 Å². The van der Waals surface area contributed by atoms with Crippen molar-refractivity contribution in [2.24, 2.45) is 0 Å². The van der Waals surface area contributed by atoms with Gasteiger partial charge in [0.1, 0.15) is 5.82 Å². The maximum absolute atomic E-state index is 12.8. The van der Waals surface area contributed by atoms with E-state index in [1.165, 1.54) is 6.07 Å². The Kier molecular flexibility index (Phi) is 3.86. The SMILES string of the molecule is CNCN(C)Cc1cccc(F)c1. The van der Waals surface area contributed by atoms with Gasteiger partial charge in [-0.1, -0.05) is 12.1 Å². The highest BCUT2D eigenvalue weighted by Gasteiger charge is 1.99. The molecule has 0 atom stereocenters. The molecule has 72 valence electrons. The lowest BCUT2D eigenvalue weighted by Crippen LogP contribution is -2.27. The molecule has 2 nitrogen and oxygen atoms in total. The molecule has 1 N–H and O–H groups in total. The maximum atomic E-state index is 12.8. The largest absolute Gasteiger partial charge is 0.307 e. The minimum atomic E-state index is -0.171. The molecule has 1 aromatic rings. The molecule has 1 aromatic carbocycles. The minimum absolute atomic E-state index is 0.171. The average Bonchev–Trinajstić information content (AvgIpc) is 2.04. The molecule has 0 saturated heterocycles. The number of hydrogen-bond donors (Lipinski definition) is 1. The van der Waals surface area contributed by atoms with E-state index in [1.807, 2.05) is 20.2 Å². The molecular weight excluding hydrogens is 167 g/mol. The Labute approximate surface area is 78.4 Å². The van der Waals surface area contributed by atoms with E-state index in [4.69, 9.17) is 0 Å². The van der Waals surface area contributed by atoms with Crippen LogP contribution in [0.15, 0.2) is 24.3 Å². The first-order valence-electron chi connectivity index (χ1n) is 4.30. The normalized spacial score (nSPS) is 10.8. The Morgan fingerprint density at radius 3 is 2.85 bits per heavy atom. The lowest BCUT2D eigenvalue weighted by atomic mass is 10.2. The molecule has 0 amide bonds. The summed E-state index contributed by atoms with van der Waals surface area (Å²) in [6, 6.07) is 6.68. The molecule has 0 radical (unpaired) electrons. The van der Waals surface area contributed by atoms with Gasteiger partial charge in [-0.05, 0) is 31.8 Å². The fraction of sp³-hybridized carbons (Fsp3) is 0.400. The Morgan fingerprint density at radius 1 is 1.46 bits per heavy atom. The topological polar surface area (TPSA) is 15.3 Å². The summed E-state index contributed by atoms with van der Waals surface area (Å²) in [6.45, 7) is 1.56. The Bertz CT molecular complexity index is 263. The molecule has 0 unspecified atom stereocenters. The first-order valence-corrected chi connectivity index (χ1v) is 4.30. The number of benzene rings is 1. The van der Waals surface area contributed by atoms with Crippen LogP contribution in [0.25, 0.3) is 0 Å². The Balaban J connectivity index is 2.53. The lowest BCUT2D eigenvalue weighted by molar-refractivity contribution is 0.309. The van der Waals surface area contributed by atoms with Crippen LogP contribution in [0.4, 0.5) is 4.39 Å². The standard InChI is InChI=1S/C10H15FN2/c1-12-8-13(2)7-9-4-3-5-10(11)6-9/h3-6,12H,7-8H2,1-2H3. The van der Waals surface area contributed by atoms with E-state index in [0.717, 1.165) is 18.8 Å². The van der Waals surface area contributed by atoms with Crippen molar-refractivity contribution in [1.29, 1.82) is 0 Å². The quantitative estimate of drug-likeness (QED) is 0.709. The van der Waals surface area contributed by atoms with E-state index in [0.29, 0.717) is 0 Å². The van der Waals surface area contributed by atoms with E-state index in [1.54, 1.807) is 12.1 Å². The summed E-state index contributed by atoms with van der Waals surface area (Å²) in [5, 5.41) is 3.03. The Hall–Kier alpha value is -0.930. The van der Waals surface area contributed by atoms with E-state index < -0.39 is 0 Å². The van der Waals surface area contributed by atoms with Crippen LogP contribution < -0.4 is 5.32 Å². The lowest BCUT2D eigenvalue weighted by Gasteiger charge is -2.15. The van der Waals surface area contributed by atoms with Crippen LogP contribution in [0.3, 0.4) is 0 Å². The second kappa shape index (κ2) is 4.94. The zero-order valence-electron chi connectivity index (χ0n) is 8.05. The molecule has 0 aliphatic carbocycles. The molecular formula is C10H15FN2. The molecule has 1 rings (SSSR count). The highest BCUT2D eigenvalue weighted by Crippen LogP contribution is 2.05. The number of rotatable bonds is 4. The van der Waals surface area contributed by atoms with Crippen LogP contribution in [-0.4, -0.2) is 25.7 Å². The molecule has 0 heterocycles. The smallest absolute Gasteiger partial charge is 0.123 e. The molecule has 0 aromatic heterocycles. The van der Waals surface area contributed by atoms with Crippen molar-refractivity contribution in [3.8, 4) is 0 Å². The Morgan fingerprint density at radius 2 is 2.23 bits per heavy atom. The van der Waals surface area contributed by atoms with Crippen LogP contribution in [-0.2, 0) is 6.54 Å². The zero-order valence-corrected chi connectivity index (χ0v) is 8.05. The van der Waals surface area contributed by atoms with Gasteiger partial charge in [0.25, 0.3) is 0 Å². The molecule has 13 heavy (non-hydrogen) atoms. The van der Waals surface area contributed by atoms with Crippen molar-refractivity contribution < 1.29 is 4.39 Å². The fourth-order valence-corrected chi connectivity index (χ4v) is 1.27. The highest BCUT2D eigenvalue weighted by atomic mass is 19.1. The maximum Gasteiger partial charge on any atom is 0.123 e. The van der Waals surface area contributed by atoms with Gasteiger partial charge in [-0.2, -0.15) is 0 Å².